The van der Waals surface area contributed by atoms with Crippen molar-refractivity contribution in [2.24, 2.45) is 0 Å². The van der Waals surface area contributed by atoms with Crippen LogP contribution in [0, 0.1) is 6.92 Å². The van der Waals surface area contributed by atoms with Crippen molar-refractivity contribution in [3.05, 3.63) is 46.4 Å². The lowest BCUT2D eigenvalue weighted by molar-refractivity contribution is 0.601. The van der Waals surface area contributed by atoms with Crippen LogP contribution < -0.4 is 0 Å². The Morgan fingerprint density at radius 3 is 2.42 bits per heavy atom. The van der Waals surface area contributed by atoms with Crippen LogP contribution in [-0.4, -0.2) is 0 Å². The van der Waals surface area contributed by atoms with E-state index in [2.05, 4.69) is 65.5 Å². The molecule has 1 aromatic carbocycles. The minimum absolute atomic E-state index is 0.204. The average Bonchev–Trinajstić information content (AvgIpc) is 2.68. The second-order valence-electron chi connectivity index (χ2n) is 5.96. The largest absolute Gasteiger partial charge is 0.139 e. The molecule has 0 aliphatic carbocycles. The number of thiophene rings is 1. The van der Waals surface area contributed by atoms with Gasteiger partial charge in [-0.15, -0.1) is 11.3 Å². The minimum Gasteiger partial charge on any atom is -0.139 e. The molecule has 0 saturated carbocycles. The lowest BCUT2D eigenvalue weighted by Gasteiger charge is -2.17. The van der Waals surface area contributed by atoms with E-state index >= 15 is 0 Å². The van der Waals surface area contributed by atoms with Crippen LogP contribution in [0.5, 0.6) is 0 Å². The van der Waals surface area contributed by atoms with Crippen molar-refractivity contribution in [2.75, 3.05) is 0 Å². The van der Waals surface area contributed by atoms with Crippen LogP contribution in [0.2, 0.25) is 0 Å². The summed E-state index contributed by atoms with van der Waals surface area (Å²) in [6.45, 7) is 15.1. The first-order valence-electron chi connectivity index (χ1n) is 6.72. The highest BCUT2D eigenvalue weighted by atomic mass is 32.1. The van der Waals surface area contributed by atoms with Crippen LogP contribution in [0.4, 0.5) is 0 Å². The van der Waals surface area contributed by atoms with Crippen LogP contribution in [0.25, 0.3) is 22.2 Å². The summed E-state index contributed by atoms with van der Waals surface area (Å²) in [5, 5.41) is 1.38. The average molecular weight is 270 g/mol. The standard InChI is InChI=1S/C18H22S/c1-7-9-15-13(8-2)10-11-14-12(3)17(18(4,5)6)19-16(14)15/h7-11H,2H2,1,3-6H3/b9-7-. The van der Waals surface area contributed by atoms with Crippen molar-refractivity contribution in [3.8, 4) is 0 Å². The zero-order chi connectivity index (χ0) is 14.2. The van der Waals surface area contributed by atoms with Crippen molar-refractivity contribution >= 4 is 33.6 Å². The predicted molar refractivity (Wildman–Crippen MR) is 90.1 cm³/mol. The second-order valence-corrected chi connectivity index (χ2v) is 6.98. The molecule has 0 aliphatic rings. The van der Waals surface area contributed by atoms with E-state index in [9.17, 15) is 0 Å². The summed E-state index contributed by atoms with van der Waals surface area (Å²) >= 11 is 1.93. The number of aryl methyl sites for hydroxylation is 1. The molecule has 0 N–H and O–H groups in total. The van der Waals surface area contributed by atoms with Crippen molar-refractivity contribution in [2.45, 2.75) is 40.0 Å². The fourth-order valence-corrected chi connectivity index (χ4v) is 3.95. The maximum Gasteiger partial charge on any atom is 0.0426 e. The first kappa shape index (κ1) is 14.1. The van der Waals surface area contributed by atoms with Gasteiger partial charge in [0.15, 0.2) is 0 Å². The van der Waals surface area contributed by atoms with Crippen LogP contribution >= 0.6 is 11.3 Å². The third-order valence-corrected chi connectivity index (χ3v) is 5.18. The van der Waals surface area contributed by atoms with E-state index in [-0.39, 0.29) is 5.41 Å². The van der Waals surface area contributed by atoms with Gasteiger partial charge in [0.05, 0.1) is 0 Å². The van der Waals surface area contributed by atoms with Gasteiger partial charge in [-0.1, -0.05) is 57.7 Å². The molecule has 0 nitrogen and oxygen atoms in total. The first-order valence-corrected chi connectivity index (χ1v) is 7.53. The molecule has 0 bridgehead atoms. The molecular weight excluding hydrogens is 248 g/mol. The van der Waals surface area contributed by atoms with Gasteiger partial charge >= 0.3 is 0 Å². The third-order valence-electron chi connectivity index (χ3n) is 3.41. The van der Waals surface area contributed by atoms with Crippen LogP contribution in [0.1, 0.15) is 49.3 Å². The fourth-order valence-electron chi connectivity index (χ4n) is 2.55. The van der Waals surface area contributed by atoms with E-state index < -0.39 is 0 Å². The van der Waals surface area contributed by atoms with Crippen LogP contribution in [0.15, 0.2) is 24.8 Å². The van der Waals surface area contributed by atoms with E-state index in [1.54, 1.807) is 0 Å². The van der Waals surface area contributed by atoms with Crippen molar-refractivity contribution < 1.29 is 0 Å². The first-order chi connectivity index (χ1) is 8.90. The molecule has 0 amide bonds. The smallest absolute Gasteiger partial charge is 0.0426 e. The highest BCUT2D eigenvalue weighted by Gasteiger charge is 2.21. The Balaban J connectivity index is 2.87. The normalized spacial score (nSPS) is 12.5. The second kappa shape index (κ2) is 4.97. The molecular formula is C18H22S. The quantitative estimate of drug-likeness (QED) is 0.611. The van der Waals surface area contributed by atoms with E-state index in [1.165, 1.54) is 31.7 Å². The molecule has 2 aromatic rings. The number of rotatable bonds is 2. The van der Waals surface area contributed by atoms with E-state index in [4.69, 9.17) is 0 Å². The summed E-state index contributed by atoms with van der Waals surface area (Å²) < 4.78 is 1.39. The van der Waals surface area contributed by atoms with Gasteiger partial charge < -0.3 is 0 Å². The number of hydrogen-bond acceptors (Lipinski definition) is 1. The van der Waals surface area contributed by atoms with Gasteiger partial charge in [-0.3, -0.25) is 0 Å². The molecule has 100 valence electrons. The SMILES string of the molecule is C=Cc1ccc2c(C)c(C(C)(C)C)sc2c1/C=C\C. The zero-order valence-electron chi connectivity index (χ0n) is 12.5. The van der Waals surface area contributed by atoms with Crippen molar-refractivity contribution in [3.63, 3.8) is 0 Å². The van der Waals surface area contributed by atoms with Gasteiger partial charge in [0.25, 0.3) is 0 Å². The zero-order valence-corrected chi connectivity index (χ0v) is 13.3. The van der Waals surface area contributed by atoms with Gasteiger partial charge in [-0.25, -0.2) is 0 Å². The van der Waals surface area contributed by atoms with E-state index in [0.29, 0.717) is 0 Å². The fraction of sp³-hybridized carbons (Fsp3) is 0.333. The Morgan fingerprint density at radius 1 is 1.21 bits per heavy atom. The molecule has 1 heterocycles. The number of hydrogen-bond donors (Lipinski definition) is 0. The van der Waals surface area contributed by atoms with Gasteiger partial charge in [-0.05, 0) is 41.3 Å². The molecule has 0 radical (unpaired) electrons. The summed E-state index contributed by atoms with van der Waals surface area (Å²) in [6, 6.07) is 4.41. The molecule has 0 spiro atoms. The summed E-state index contributed by atoms with van der Waals surface area (Å²) in [5.41, 5.74) is 4.15. The molecule has 0 saturated heterocycles. The molecule has 0 atom stereocenters. The molecule has 2 rings (SSSR count). The van der Waals surface area contributed by atoms with Gasteiger partial charge in [0, 0.05) is 9.58 Å². The van der Waals surface area contributed by atoms with Crippen molar-refractivity contribution in [1.82, 2.24) is 0 Å². The predicted octanol–water partition coefficient (Wildman–Crippen LogP) is 6.18. The lowest BCUT2D eigenvalue weighted by atomic mass is 9.90. The highest BCUT2D eigenvalue weighted by Crippen LogP contribution is 2.41. The minimum atomic E-state index is 0.204. The van der Waals surface area contributed by atoms with Gasteiger partial charge in [-0.2, -0.15) is 0 Å². The Morgan fingerprint density at radius 2 is 1.89 bits per heavy atom. The lowest BCUT2D eigenvalue weighted by Crippen LogP contribution is -2.09. The molecule has 0 aliphatic heterocycles. The maximum absolute atomic E-state index is 3.93. The van der Waals surface area contributed by atoms with Crippen LogP contribution in [-0.2, 0) is 5.41 Å². The van der Waals surface area contributed by atoms with Crippen LogP contribution in [0.3, 0.4) is 0 Å². The molecule has 19 heavy (non-hydrogen) atoms. The number of benzene rings is 1. The molecule has 0 unspecified atom stereocenters. The summed E-state index contributed by atoms with van der Waals surface area (Å²) in [5.74, 6) is 0. The molecule has 1 aromatic heterocycles. The highest BCUT2D eigenvalue weighted by molar-refractivity contribution is 7.19. The molecule has 1 heteroatoms. The summed E-state index contributed by atoms with van der Waals surface area (Å²) in [7, 11) is 0. The Bertz CT molecular complexity index is 648. The Kier molecular flexibility index (Phi) is 3.69. The maximum atomic E-state index is 3.93. The topological polar surface area (TPSA) is 0 Å². The Hall–Kier alpha value is -1.34. The number of fused-ring (bicyclic) bond motifs is 1. The van der Waals surface area contributed by atoms with Crippen molar-refractivity contribution in [1.29, 1.82) is 0 Å². The van der Waals surface area contributed by atoms with Gasteiger partial charge in [0.2, 0.25) is 0 Å². The number of allylic oxidation sites excluding steroid dienone is 1. The monoisotopic (exact) mass is 270 g/mol. The summed E-state index contributed by atoms with van der Waals surface area (Å²) in [4.78, 5) is 1.48. The molecule has 0 fully saturated rings. The van der Waals surface area contributed by atoms with Gasteiger partial charge in [0.1, 0.15) is 0 Å². The van der Waals surface area contributed by atoms with E-state index in [1.807, 2.05) is 17.4 Å². The Labute approximate surface area is 120 Å². The summed E-state index contributed by atoms with van der Waals surface area (Å²) in [6.07, 6.45) is 6.25. The third kappa shape index (κ3) is 2.40. The van der Waals surface area contributed by atoms with E-state index in [0.717, 1.165) is 0 Å².